The number of aliphatic hydroxyl groups excluding tert-OH is 1. The Kier molecular flexibility index (Phi) is 4.30. The largest absolute Gasteiger partial charge is 0.478 e. The van der Waals surface area contributed by atoms with Crippen LogP contribution < -0.4 is 10.1 Å². The highest BCUT2D eigenvalue weighted by atomic mass is 16.5. The molecule has 84 valence electrons. The molecule has 0 radical (unpaired) electrons. The van der Waals surface area contributed by atoms with Crippen LogP contribution in [0.5, 0.6) is 5.88 Å². The molecule has 1 rings (SSSR count). The number of aliphatic hydroxyl groups is 1. The Hall–Kier alpha value is -1.36. The first kappa shape index (κ1) is 11.7. The standard InChI is InChI=1S/C10H17N3O2/c1-4-15-10-8(3)9(11-6-12-10)13-7(2)5-14/h6-7,14H,4-5H2,1-3H3,(H,11,12,13). The molecule has 0 aliphatic carbocycles. The Morgan fingerprint density at radius 3 is 2.87 bits per heavy atom. The van der Waals surface area contributed by atoms with E-state index in [1.807, 2.05) is 20.8 Å². The highest BCUT2D eigenvalue weighted by molar-refractivity contribution is 5.48. The molecule has 0 aromatic carbocycles. The number of anilines is 1. The Balaban J connectivity index is 2.84. The van der Waals surface area contributed by atoms with Gasteiger partial charge in [-0.15, -0.1) is 0 Å². The van der Waals surface area contributed by atoms with Gasteiger partial charge < -0.3 is 15.2 Å². The minimum atomic E-state index is -0.0342. The second-order valence-corrected chi connectivity index (χ2v) is 3.31. The third kappa shape index (κ3) is 3.06. The molecule has 0 amide bonds. The van der Waals surface area contributed by atoms with Gasteiger partial charge in [-0.2, -0.15) is 0 Å². The molecule has 1 atom stereocenters. The minimum absolute atomic E-state index is 0.0342. The van der Waals surface area contributed by atoms with E-state index in [-0.39, 0.29) is 12.6 Å². The number of aromatic nitrogens is 2. The SMILES string of the molecule is CCOc1ncnc(NC(C)CO)c1C. The van der Waals surface area contributed by atoms with Crippen molar-refractivity contribution >= 4 is 5.82 Å². The van der Waals surface area contributed by atoms with E-state index in [2.05, 4.69) is 15.3 Å². The van der Waals surface area contributed by atoms with Gasteiger partial charge in [-0.3, -0.25) is 0 Å². The molecule has 5 nitrogen and oxygen atoms in total. The number of hydrogen-bond acceptors (Lipinski definition) is 5. The Bertz CT molecular complexity index is 318. The molecular formula is C10H17N3O2. The van der Waals surface area contributed by atoms with E-state index < -0.39 is 0 Å². The van der Waals surface area contributed by atoms with Gasteiger partial charge in [0.05, 0.1) is 18.8 Å². The highest BCUT2D eigenvalue weighted by Gasteiger charge is 2.09. The van der Waals surface area contributed by atoms with Crippen molar-refractivity contribution < 1.29 is 9.84 Å². The fraction of sp³-hybridized carbons (Fsp3) is 0.600. The van der Waals surface area contributed by atoms with E-state index in [0.29, 0.717) is 18.3 Å². The van der Waals surface area contributed by atoms with Crippen molar-refractivity contribution in [2.45, 2.75) is 26.8 Å². The maximum atomic E-state index is 8.92. The lowest BCUT2D eigenvalue weighted by Crippen LogP contribution is -2.21. The van der Waals surface area contributed by atoms with Gasteiger partial charge in [0.25, 0.3) is 0 Å². The number of nitrogens with one attached hydrogen (secondary N) is 1. The van der Waals surface area contributed by atoms with Crippen LogP contribution in [0.2, 0.25) is 0 Å². The summed E-state index contributed by atoms with van der Waals surface area (Å²) in [6.07, 6.45) is 1.45. The van der Waals surface area contributed by atoms with Crippen molar-refractivity contribution in [3.05, 3.63) is 11.9 Å². The molecular weight excluding hydrogens is 194 g/mol. The molecule has 0 aliphatic rings. The van der Waals surface area contributed by atoms with Crippen molar-refractivity contribution in [1.82, 2.24) is 9.97 Å². The first-order valence-corrected chi connectivity index (χ1v) is 5.00. The van der Waals surface area contributed by atoms with Gasteiger partial charge in [0.2, 0.25) is 5.88 Å². The molecule has 0 saturated carbocycles. The van der Waals surface area contributed by atoms with Crippen molar-refractivity contribution in [2.24, 2.45) is 0 Å². The number of ether oxygens (including phenoxy) is 1. The predicted molar refractivity (Wildman–Crippen MR) is 58.1 cm³/mol. The molecule has 1 aromatic heterocycles. The minimum Gasteiger partial charge on any atom is -0.478 e. The number of hydrogen-bond donors (Lipinski definition) is 2. The van der Waals surface area contributed by atoms with Crippen LogP contribution in [0, 0.1) is 6.92 Å². The predicted octanol–water partition coefficient (Wildman–Crippen LogP) is 0.976. The molecule has 5 heteroatoms. The molecule has 2 N–H and O–H groups in total. The Labute approximate surface area is 89.5 Å². The molecule has 1 unspecified atom stereocenters. The molecule has 0 bridgehead atoms. The van der Waals surface area contributed by atoms with Crippen LogP contribution in [0.15, 0.2) is 6.33 Å². The third-order valence-electron chi connectivity index (χ3n) is 1.98. The highest BCUT2D eigenvalue weighted by Crippen LogP contribution is 2.20. The van der Waals surface area contributed by atoms with E-state index in [4.69, 9.17) is 9.84 Å². The summed E-state index contributed by atoms with van der Waals surface area (Å²) in [5, 5.41) is 12.0. The molecule has 0 aliphatic heterocycles. The second-order valence-electron chi connectivity index (χ2n) is 3.31. The summed E-state index contributed by atoms with van der Waals surface area (Å²) in [4.78, 5) is 8.12. The number of rotatable bonds is 5. The topological polar surface area (TPSA) is 67.3 Å². The van der Waals surface area contributed by atoms with Crippen LogP contribution in [0.3, 0.4) is 0 Å². The fourth-order valence-corrected chi connectivity index (χ4v) is 1.14. The van der Waals surface area contributed by atoms with Gasteiger partial charge in [-0.1, -0.05) is 0 Å². The summed E-state index contributed by atoms with van der Waals surface area (Å²) >= 11 is 0. The van der Waals surface area contributed by atoms with Gasteiger partial charge in [-0.05, 0) is 20.8 Å². The van der Waals surface area contributed by atoms with Crippen LogP contribution in [-0.2, 0) is 0 Å². The molecule has 0 fully saturated rings. The van der Waals surface area contributed by atoms with Crippen LogP contribution in [0.1, 0.15) is 19.4 Å². The maximum absolute atomic E-state index is 8.92. The van der Waals surface area contributed by atoms with Crippen LogP contribution >= 0.6 is 0 Å². The van der Waals surface area contributed by atoms with Crippen molar-refractivity contribution in [3.63, 3.8) is 0 Å². The van der Waals surface area contributed by atoms with Crippen LogP contribution in [-0.4, -0.2) is 34.3 Å². The first-order chi connectivity index (χ1) is 7.19. The molecule has 0 saturated heterocycles. The van der Waals surface area contributed by atoms with Crippen molar-refractivity contribution in [3.8, 4) is 5.88 Å². The Morgan fingerprint density at radius 1 is 1.53 bits per heavy atom. The summed E-state index contributed by atoms with van der Waals surface area (Å²) in [6.45, 7) is 6.31. The van der Waals surface area contributed by atoms with E-state index >= 15 is 0 Å². The summed E-state index contributed by atoms with van der Waals surface area (Å²) in [7, 11) is 0. The first-order valence-electron chi connectivity index (χ1n) is 5.00. The molecule has 15 heavy (non-hydrogen) atoms. The van der Waals surface area contributed by atoms with E-state index in [9.17, 15) is 0 Å². The lowest BCUT2D eigenvalue weighted by atomic mass is 10.3. The summed E-state index contributed by atoms with van der Waals surface area (Å²) in [5.74, 6) is 1.29. The average Bonchev–Trinajstić information content (AvgIpc) is 2.24. The molecule has 1 heterocycles. The van der Waals surface area contributed by atoms with Gasteiger partial charge in [-0.25, -0.2) is 9.97 Å². The lowest BCUT2D eigenvalue weighted by Gasteiger charge is -2.14. The monoisotopic (exact) mass is 211 g/mol. The van der Waals surface area contributed by atoms with Gasteiger partial charge in [0.15, 0.2) is 0 Å². The zero-order valence-corrected chi connectivity index (χ0v) is 9.32. The maximum Gasteiger partial charge on any atom is 0.221 e. The van der Waals surface area contributed by atoms with Crippen molar-refractivity contribution in [1.29, 1.82) is 0 Å². The Morgan fingerprint density at radius 2 is 2.27 bits per heavy atom. The zero-order valence-electron chi connectivity index (χ0n) is 9.32. The molecule has 0 spiro atoms. The lowest BCUT2D eigenvalue weighted by molar-refractivity contribution is 0.281. The summed E-state index contributed by atoms with van der Waals surface area (Å²) < 4.78 is 5.34. The van der Waals surface area contributed by atoms with Crippen molar-refractivity contribution in [2.75, 3.05) is 18.5 Å². The van der Waals surface area contributed by atoms with Gasteiger partial charge in [0, 0.05) is 6.04 Å². The van der Waals surface area contributed by atoms with Gasteiger partial charge >= 0.3 is 0 Å². The molecule has 1 aromatic rings. The smallest absolute Gasteiger partial charge is 0.221 e. The van der Waals surface area contributed by atoms with E-state index in [0.717, 1.165) is 5.56 Å². The third-order valence-corrected chi connectivity index (χ3v) is 1.98. The zero-order chi connectivity index (χ0) is 11.3. The fourth-order valence-electron chi connectivity index (χ4n) is 1.14. The van der Waals surface area contributed by atoms with E-state index in [1.54, 1.807) is 0 Å². The van der Waals surface area contributed by atoms with Crippen LogP contribution in [0.4, 0.5) is 5.82 Å². The van der Waals surface area contributed by atoms with E-state index in [1.165, 1.54) is 6.33 Å². The van der Waals surface area contributed by atoms with Crippen LogP contribution in [0.25, 0.3) is 0 Å². The summed E-state index contributed by atoms with van der Waals surface area (Å²) in [6, 6.07) is -0.0342. The second kappa shape index (κ2) is 5.50. The number of nitrogens with zero attached hydrogens (tertiary/aromatic N) is 2. The average molecular weight is 211 g/mol. The normalized spacial score (nSPS) is 12.3. The summed E-state index contributed by atoms with van der Waals surface area (Å²) in [5.41, 5.74) is 0.861. The quantitative estimate of drug-likeness (QED) is 0.759. The van der Waals surface area contributed by atoms with Gasteiger partial charge in [0.1, 0.15) is 12.1 Å².